The minimum atomic E-state index is 0.539. The van der Waals surface area contributed by atoms with Crippen molar-refractivity contribution < 1.29 is 0 Å². The summed E-state index contributed by atoms with van der Waals surface area (Å²) in [5, 5.41) is 3.71. The summed E-state index contributed by atoms with van der Waals surface area (Å²) in [6.45, 7) is 4.51. The Morgan fingerprint density at radius 3 is 3.06 bits per heavy atom. The molecule has 0 aromatic heterocycles. The van der Waals surface area contributed by atoms with E-state index in [-0.39, 0.29) is 0 Å². The van der Waals surface area contributed by atoms with Gasteiger partial charge in [0.05, 0.1) is 0 Å². The molecule has 88 valence electrons. The number of nitrogens with one attached hydrogen (secondary N) is 1. The second-order valence-electron chi connectivity index (χ2n) is 4.91. The van der Waals surface area contributed by atoms with Gasteiger partial charge in [-0.25, -0.2) is 0 Å². The van der Waals surface area contributed by atoms with Gasteiger partial charge in [-0.15, -0.1) is 0 Å². The van der Waals surface area contributed by atoms with Gasteiger partial charge in [0.25, 0.3) is 0 Å². The third-order valence-electron chi connectivity index (χ3n) is 3.45. The Morgan fingerprint density at radius 1 is 1.50 bits per heavy atom. The second kappa shape index (κ2) is 4.88. The van der Waals surface area contributed by atoms with Gasteiger partial charge >= 0.3 is 0 Å². The van der Waals surface area contributed by atoms with Gasteiger partial charge in [-0.3, -0.25) is 0 Å². The summed E-state index contributed by atoms with van der Waals surface area (Å²) in [7, 11) is 0. The van der Waals surface area contributed by atoms with Crippen LogP contribution in [0.25, 0.3) is 0 Å². The van der Waals surface area contributed by atoms with E-state index in [9.17, 15) is 0 Å². The molecule has 2 rings (SSSR count). The molecule has 0 saturated carbocycles. The third kappa shape index (κ3) is 2.38. The van der Waals surface area contributed by atoms with E-state index in [4.69, 9.17) is 5.73 Å². The third-order valence-corrected chi connectivity index (χ3v) is 3.45. The molecule has 0 radical (unpaired) electrons. The maximum absolute atomic E-state index is 5.80. The average Bonchev–Trinajstić information content (AvgIpc) is 2.61. The van der Waals surface area contributed by atoms with Gasteiger partial charge in [0.1, 0.15) is 0 Å². The van der Waals surface area contributed by atoms with Crippen LogP contribution in [0.1, 0.15) is 50.3 Å². The predicted octanol–water partition coefficient (Wildman–Crippen LogP) is 3.03. The minimum Gasteiger partial charge on any atom is -0.399 e. The van der Waals surface area contributed by atoms with E-state index < -0.39 is 0 Å². The Balaban J connectivity index is 2.06. The van der Waals surface area contributed by atoms with Gasteiger partial charge in [-0.1, -0.05) is 19.4 Å². The molecule has 0 spiro atoms. The first-order chi connectivity index (χ1) is 7.70. The van der Waals surface area contributed by atoms with E-state index in [1.54, 1.807) is 0 Å². The molecule has 2 heteroatoms. The fourth-order valence-electron chi connectivity index (χ4n) is 2.67. The summed E-state index contributed by atoms with van der Waals surface area (Å²) in [6, 6.07) is 7.48. The normalized spacial score (nSPS) is 20.8. The lowest BCUT2D eigenvalue weighted by atomic mass is 10.1. The molecule has 1 aliphatic rings. The summed E-state index contributed by atoms with van der Waals surface area (Å²) in [5.41, 5.74) is 9.58. The van der Waals surface area contributed by atoms with Crippen molar-refractivity contribution in [3.63, 3.8) is 0 Å². The maximum atomic E-state index is 5.80. The van der Waals surface area contributed by atoms with Crippen LogP contribution < -0.4 is 11.1 Å². The molecule has 0 aliphatic heterocycles. The van der Waals surface area contributed by atoms with Crippen LogP contribution in [0.3, 0.4) is 0 Å². The Labute approximate surface area is 98.2 Å². The van der Waals surface area contributed by atoms with E-state index >= 15 is 0 Å². The van der Waals surface area contributed by atoms with Crippen LogP contribution in [0.15, 0.2) is 18.2 Å². The standard InChI is InChI=1S/C14H22N2/c1-3-4-10(2)16-14-8-5-11-9-12(15)6-7-13(11)14/h6-7,9-10,14,16H,3-5,8,15H2,1-2H3. The fourth-order valence-corrected chi connectivity index (χ4v) is 2.67. The largest absolute Gasteiger partial charge is 0.399 e. The summed E-state index contributed by atoms with van der Waals surface area (Å²) in [5.74, 6) is 0. The van der Waals surface area contributed by atoms with E-state index in [0.717, 1.165) is 12.1 Å². The molecule has 0 saturated heterocycles. The molecule has 0 bridgehead atoms. The summed E-state index contributed by atoms with van der Waals surface area (Å²) >= 11 is 0. The van der Waals surface area contributed by atoms with Crippen molar-refractivity contribution in [2.75, 3.05) is 5.73 Å². The topological polar surface area (TPSA) is 38.0 Å². The quantitative estimate of drug-likeness (QED) is 0.762. The molecule has 0 heterocycles. The molecule has 16 heavy (non-hydrogen) atoms. The Hall–Kier alpha value is -1.02. The first-order valence-corrected chi connectivity index (χ1v) is 6.35. The fraction of sp³-hybridized carbons (Fsp3) is 0.571. The Kier molecular flexibility index (Phi) is 3.49. The van der Waals surface area contributed by atoms with E-state index in [1.165, 1.54) is 30.4 Å². The van der Waals surface area contributed by atoms with Crippen molar-refractivity contribution >= 4 is 5.69 Å². The van der Waals surface area contributed by atoms with Crippen LogP contribution in [0.2, 0.25) is 0 Å². The molecule has 1 aliphatic carbocycles. The smallest absolute Gasteiger partial charge is 0.0328 e. The van der Waals surface area contributed by atoms with Crippen LogP contribution in [0.5, 0.6) is 0 Å². The molecular formula is C14H22N2. The monoisotopic (exact) mass is 218 g/mol. The molecule has 1 aromatic carbocycles. The van der Waals surface area contributed by atoms with Crippen LogP contribution >= 0.6 is 0 Å². The summed E-state index contributed by atoms with van der Waals surface area (Å²) in [6.07, 6.45) is 4.88. The minimum absolute atomic E-state index is 0.539. The second-order valence-corrected chi connectivity index (χ2v) is 4.91. The van der Waals surface area contributed by atoms with Gasteiger partial charge in [0, 0.05) is 17.8 Å². The van der Waals surface area contributed by atoms with Crippen molar-refractivity contribution in [3.8, 4) is 0 Å². The number of fused-ring (bicyclic) bond motifs is 1. The van der Waals surface area contributed by atoms with Crippen LogP contribution in [0, 0.1) is 0 Å². The average molecular weight is 218 g/mol. The predicted molar refractivity (Wildman–Crippen MR) is 69.4 cm³/mol. The van der Waals surface area contributed by atoms with Gasteiger partial charge in [0.2, 0.25) is 0 Å². The number of nitrogen functional groups attached to an aromatic ring is 1. The lowest BCUT2D eigenvalue weighted by Crippen LogP contribution is -2.29. The highest BCUT2D eigenvalue weighted by Crippen LogP contribution is 2.32. The van der Waals surface area contributed by atoms with Crippen molar-refractivity contribution in [2.24, 2.45) is 0 Å². The maximum Gasteiger partial charge on any atom is 0.0328 e. The van der Waals surface area contributed by atoms with E-state index in [2.05, 4.69) is 31.3 Å². The molecule has 3 N–H and O–H groups in total. The van der Waals surface area contributed by atoms with Crippen molar-refractivity contribution in [3.05, 3.63) is 29.3 Å². The zero-order valence-corrected chi connectivity index (χ0v) is 10.3. The molecule has 2 nitrogen and oxygen atoms in total. The first kappa shape index (κ1) is 11.5. The zero-order valence-electron chi connectivity index (χ0n) is 10.3. The highest BCUT2D eigenvalue weighted by atomic mass is 14.9. The molecular weight excluding hydrogens is 196 g/mol. The lowest BCUT2D eigenvalue weighted by Gasteiger charge is -2.20. The van der Waals surface area contributed by atoms with Gasteiger partial charge in [-0.05, 0) is 49.4 Å². The SMILES string of the molecule is CCCC(C)NC1CCc2cc(N)ccc21. The summed E-state index contributed by atoms with van der Waals surface area (Å²) in [4.78, 5) is 0. The van der Waals surface area contributed by atoms with E-state index in [1.807, 2.05) is 6.07 Å². The molecule has 0 fully saturated rings. The van der Waals surface area contributed by atoms with Crippen LogP contribution in [-0.4, -0.2) is 6.04 Å². The number of hydrogen-bond acceptors (Lipinski definition) is 2. The molecule has 2 atom stereocenters. The summed E-state index contributed by atoms with van der Waals surface area (Å²) < 4.78 is 0. The number of aryl methyl sites for hydroxylation is 1. The lowest BCUT2D eigenvalue weighted by molar-refractivity contribution is 0.431. The molecule has 2 unspecified atom stereocenters. The molecule has 0 amide bonds. The van der Waals surface area contributed by atoms with Crippen molar-refractivity contribution in [1.82, 2.24) is 5.32 Å². The van der Waals surface area contributed by atoms with Gasteiger partial charge < -0.3 is 11.1 Å². The van der Waals surface area contributed by atoms with Crippen LogP contribution in [-0.2, 0) is 6.42 Å². The first-order valence-electron chi connectivity index (χ1n) is 6.35. The van der Waals surface area contributed by atoms with Crippen molar-refractivity contribution in [2.45, 2.75) is 51.6 Å². The Morgan fingerprint density at radius 2 is 2.31 bits per heavy atom. The number of hydrogen-bond donors (Lipinski definition) is 2. The Bertz CT molecular complexity index is 360. The van der Waals surface area contributed by atoms with Crippen molar-refractivity contribution in [1.29, 1.82) is 0 Å². The highest BCUT2D eigenvalue weighted by Gasteiger charge is 2.23. The van der Waals surface area contributed by atoms with Crippen LogP contribution in [0.4, 0.5) is 5.69 Å². The highest BCUT2D eigenvalue weighted by molar-refractivity contribution is 5.47. The van der Waals surface area contributed by atoms with Gasteiger partial charge in [0.15, 0.2) is 0 Å². The number of rotatable bonds is 4. The number of anilines is 1. The number of nitrogens with two attached hydrogens (primary N) is 1. The van der Waals surface area contributed by atoms with E-state index in [0.29, 0.717) is 12.1 Å². The molecule has 1 aromatic rings. The van der Waals surface area contributed by atoms with Gasteiger partial charge in [-0.2, -0.15) is 0 Å². The number of benzene rings is 1. The zero-order chi connectivity index (χ0) is 11.5.